The lowest BCUT2D eigenvalue weighted by molar-refractivity contribution is -0.0346. The van der Waals surface area contributed by atoms with Gasteiger partial charge in [0.05, 0.1) is 11.3 Å². The van der Waals surface area contributed by atoms with E-state index in [0.717, 1.165) is 18.5 Å². The SMILES string of the molecule is Cn1cc(CC(C)(O)C2CCC2)nn1. The minimum Gasteiger partial charge on any atom is -0.389 e. The Morgan fingerprint density at radius 1 is 1.64 bits per heavy atom. The van der Waals surface area contributed by atoms with Gasteiger partial charge >= 0.3 is 0 Å². The van der Waals surface area contributed by atoms with Crippen LogP contribution in [0.2, 0.25) is 0 Å². The Bertz CT molecular complexity index is 315. The van der Waals surface area contributed by atoms with Crippen LogP contribution < -0.4 is 0 Å². The summed E-state index contributed by atoms with van der Waals surface area (Å²) in [5.74, 6) is 0.449. The maximum atomic E-state index is 10.2. The predicted octanol–water partition coefficient (Wildman–Crippen LogP) is 0.909. The van der Waals surface area contributed by atoms with Crippen LogP contribution in [0.4, 0.5) is 0 Å². The molecule has 4 heteroatoms. The van der Waals surface area contributed by atoms with E-state index in [2.05, 4.69) is 10.3 Å². The van der Waals surface area contributed by atoms with Crippen molar-refractivity contribution in [2.45, 2.75) is 38.2 Å². The Morgan fingerprint density at radius 3 is 2.79 bits per heavy atom. The minimum atomic E-state index is -0.603. The van der Waals surface area contributed by atoms with Crippen LogP contribution in [0.15, 0.2) is 6.20 Å². The standard InChI is InChI=1S/C10H17N3O/c1-10(14,8-4-3-5-8)6-9-7-13(2)12-11-9/h7-8,14H,3-6H2,1-2H3. The number of nitrogens with zero attached hydrogens (tertiary/aromatic N) is 3. The zero-order chi connectivity index (χ0) is 10.2. The average Bonchev–Trinajstić information content (AvgIpc) is 2.28. The fourth-order valence-corrected chi connectivity index (χ4v) is 2.02. The van der Waals surface area contributed by atoms with E-state index in [1.165, 1.54) is 6.42 Å². The number of aromatic nitrogens is 3. The van der Waals surface area contributed by atoms with Crippen molar-refractivity contribution in [1.29, 1.82) is 0 Å². The number of aliphatic hydroxyl groups is 1. The van der Waals surface area contributed by atoms with E-state index in [4.69, 9.17) is 0 Å². The summed E-state index contributed by atoms with van der Waals surface area (Å²) in [6.07, 6.45) is 6.03. The molecule has 0 spiro atoms. The molecule has 2 rings (SSSR count). The third-order valence-corrected chi connectivity index (χ3v) is 3.17. The van der Waals surface area contributed by atoms with E-state index >= 15 is 0 Å². The number of hydrogen-bond donors (Lipinski definition) is 1. The van der Waals surface area contributed by atoms with Crippen molar-refractivity contribution < 1.29 is 5.11 Å². The summed E-state index contributed by atoms with van der Waals surface area (Å²) >= 11 is 0. The predicted molar refractivity (Wildman–Crippen MR) is 52.7 cm³/mol. The number of rotatable bonds is 3. The smallest absolute Gasteiger partial charge is 0.0855 e. The molecule has 0 aromatic carbocycles. The van der Waals surface area contributed by atoms with Crippen LogP contribution in [0, 0.1) is 5.92 Å². The Kier molecular flexibility index (Phi) is 2.31. The number of hydrogen-bond acceptors (Lipinski definition) is 3. The van der Waals surface area contributed by atoms with Crippen LogP contribution in [0.3, 0.4) is 0 Å². The van der Waals surface area contributed by atoms with E-state index in [-0.39, 0.29) is 0 Å². The first kappa shape index (κ1) is 9.65. The fraction of sp³-hybridized carbons (Fsp3) is 0.800. The summed E-state index contributed by atoms with van der Waals surface area (Å²) in [5.41, 5.74) is 0.276. The van der Waals surface area contributed by atoms with Gasteiger partial charge in [0, 0.05) is 19.7 Å². The van der Waals surface area contributed by atoms with Crippen molar-refractivity contribution in [2.75, 3.05) is 0 Å². The molecule has 14 heavy (non-hydrogen) atoms. The molecule has 1 heterocycles. The molecule has 0 bridgehead atoms. The van der Waals surface area contributed by atoms with Crippen LogP contribution in [0.1, 0.15) is 31.9 Å². The summed E-state index contributed by atoms with van der Waals surface area (Å²) in [6, 6.07) is 0. The van der Waals surface area contributed by atoms with Gasteiger partial charge in [-0.15, -0.1) is 5.10 Å². The van der Waals surface area contributed by atoms with Crippen LogP contribution >= 0.6 is 0 Å². The van der Waals surface area contributed by atoms with Gasteiger partial charge in [-0.1, -0.05) is 11.6 Å². The maximum Gasteiger partial charge on any atom is 0.0855 e. The normalized spacial score (nSPS) is 21.6. The molecular formula is C10H17N3O. The highest BCUT2D eigenvalue weighted by Gasteiger charge is 2.36. The molecule has 1 atom stereocenters. The quantitative estimate of drug-likeness (QED) is 0.780. The van der Waals surface area contributed by atoms with Crippen molar-refractivity contribution in [3.63, 3.8) is 0 Å². The first-order valence-electron chi connectivity index (χ1n) is 5.15. The third-order valence-electron chi connectivity index (χ3n) is 3.17. The highest BCUT2D eigenvalue weighted by molar-refractivity contribution is 5.01. The molecule has 0 amide bonds. The summed E-state index contributed by atoms with van der Waals surface area (Å²) in [6.45, 7) is 1.91. The second-order valence-electron chi connectivity index (χ2n) is 4.55. The van der Waals surface area contributed by atoms with E-state index < -0.39 is 5.60 Å². The van der Waals surface area contributed by atoms with Gasteiger partial charge in [-0.2, -0.15) is 0 Å². The average molecular weight is 195 g/mol. The van der Waals surface area contributed by atoms with E-state index in [0.29, 0.717) is 12.3 Å². The second kappa shape index (κ2) is 3.35. The van der Waals surface area contributed by atoms with Gasteiger partial charge in [0.1, 0.15) is 0 Å². The largest absolute Gasteiger partial charge is 0.389 e. The Morgan fingerprint density at radius 2 is 2.36 bits per heavy atom. The van der Waals surface area contributed by atoms with Gasteiger partial charge in [0.25, 0.3) is 0 Å². The Balaban J connectivity index is 2.01. The summed E-state index contributed by atoms with van der Waals surface area (Å²) in [5, 5.41) is 18.1. The van der Waals surface area contributed by atoms with Crippen LogP contribution in [0.25, 0.3) is 0 Å². The van der Waals surface area contributed by atoms with Gasteiger partial charge in [-0.25, -0.2) is 0 Å². The molecule has 1 aliphatic carbocycles. The molecule has 1 saturated carbocycles. The van der Waals surface area contributed by atoms with Crippen molar-refractivity contribution >= 4 is 0 Å². The summed E-state index contributed by atoms with van der Waals surface area (Å²) in [7, 11) is 1.84. The van der Waals surface area contributed by atoms with E-state index in [9.17, 15) is 5.11 Å². The molecule has 78 valence electrons. The molecular weight excluding hydrogens is 178 g/mol. The van der Waals surface area contributed by atoms with Crippen LogP contribution in [-0.4, -0.2) is 25.7 Å². The molecule has 1 unspecified atom stereocenters. The van der Waals surface area contributed by atoms with Crippen molar-refractivity contribution in [3.8, 4) is 0 Å². The zero-order valence-corrected chi connectivity index (χ0v) is 8.77. The zero-order valence-electron chi connectivity index (χ0n) is 8.77. The molecule has 4 nitrogen and oxygen atoms in total. The summed E-state index contributed by atoms with van der Waals surface area (Å²) in [4.78, 5) is 0. The molecule has 1 aromatic heterocycles. The molecule has 0 radical (unpaired) electrons. The number of aryl methyl sites for hydroxylation is 1. The van der Waals surface area contributed by atoms with E-state index in [1.54, 1.807) is 4.68 Å². The van der Waals surface area contributed by atoms with Crippen molar-refractivity contribution in [3.05, 3.63) is 11.9 Å². The van der Waals surface area contributed by atoms with Gasteiger partial charge in [-0.05, 0) is 25.7 Å². The third kappa shape index (κ3) is 1.80. The molecule has 1 aromatic rings. The lowest BCUT2D eigenvalue weighted by Gasteiger charge is -2.38. The molecule has 0 aliphatic heterocycles. The lowest BCUT2D eigenvalue weighted by Crippen LogP contribution is -2.40. The highest BCUT2D eigenvalue weighted by Crippen LogP contribution is 2.37. The Hall–Kier alpha value is -0.900. The molecule has 0 saturated heterocycles. The van der Waals surface area contributed by atoms with Crippen molar-refractivity contribution in [2.24, 2.45) is 13.0 Å². The molecule has 1 fully saturated rings. The first-order chi connectivity index (χ1) is 6.58. The van der Waals surface area contributed by atoms with Gasteiger partial charge in [0.15, 0.2) is 0 Å². The first-order valence-corrected chi connectivity index (χ1v) is 5.15. The molecule has 1 N–H and O–H groups in total. The topological polar surface area (TPSA) is 50.9 Å². The second-order valence-corrected chi connectivity index (χ2v) is 4.55. The van der Waals surface area contributed by atoms with Crippen LogP contribution in [-0.2, 0) is 13.5 Å². The highest BCUT2D eigenvalue weighted by atomic mass is 16.3. The fourth-order valence-electron chi connectivity index (χ4n) is 2.02. The lowest BCUT2D eigenvalue weighted by atomic mass is 9.72. The summed E-state index contributed by atoms with van der Waals surface area (Å²) < 4.78 is 1.67. The van der Waals surface area contributed by atoms with Crippen LogP contribution in [0.5, 0.6) is 0 Å². The Labute approximate surface area is 83.9 Å². The van der Waals surface area contributed by atoms with E-state index in [1.807, 2.05) is 20.2 Å². The minimum absolute atomic E-state index is 0.449. The maximum absolute atomic E-state index is 10.2. The molecule has 1 aliphatic rings. The van der Waals surface area contributed by atoms with Gasteiger partial charge in [0.2, 0.25) is 0 Å². The monoisotopic (exact) mass is 195 g/mol. The van der Waals surface area contributed by atoms with Gasteiger partial charge < -0.3 is 5.11 Å². The van der Waals surface area contributed by atoms with Gasteiger partial charge in [-0.3, -0.25) is 4.68 Å². The van der Waals surface area contributed by atoms with Crippen molar-refractivity contribution in [1.82, 2.24) is 15.0 Å².